The van der Waals surface area contributed by atoms with Gasteiger partial charge in [0.1, 0.15) is 0 Å². The first-order valence-electron chi connectivity index (χ1n) is 7.91. The molecule has 114 valence electrons. The van der Waals surface area contributed by atoms with Crippen LogP contribution in [0.3, 0.4) is 0 Å². The molecule has 0 radical (unpaired) electrons. The summed E-state index contributed by atoms with van der Waals surface area (Å²) in [4.78, 5) is 14.3. The molecular formula is C16H23N3OS. The third kappa shape index (κ3) is 2.98. The zero-order valence-corrected chi connectivity index (χ0v) is 13.4. The minimum atomic E-state index is 0.138. The predicted octanol–water partition coefficient (Wildman–Crippen LogP) is 1.94. The smallest absolute Gasteiger partial charge is 0.250 e. The first-order chi connectivity index (χ1) is 10.2. The summed E-state index contributed by atoms with van der Waals surface area (Å²) in [5, 5.41) is 4.25. The molecule has 5 heteroatoms. The maximum atomic E-state index is 12.0. The van der Waals surface area contributed by atoms with Gasteiger partial charge in [-0.2, -0.15) is 0 Å². The highest BCUT2D eigenvalue weighted by Crippen LogP contribution is 2.34. The van der Waals surface area contributed by atoms with Crippen molar-refractivity contribution < 1.29 is 0 Å². The number of likely N-dealkylation sites (tertiary alicyclic amines) is 1. The van der Waals surface area contributed by atoms with Crippen LogP contribution in [0.4, 0.5) is 0 Å². The fourth-order valence-corrected chi connectivity index (χ4v) is 3.80. The van der Waals surface area contributed by atoms with Crippen molar-refractivity contribution in [2.45, 2.75) is 38.6 Å². The molecule has 0 aliphatic carbocycles. The van der Waals surface area contributed by atoms with E-state index in [-0.39, 0.29) is 5.56 Å². The lowest BCUT2D eigenvalue weighted by atomic mass is 9.83. The summed E-state index contributed by atoms with van der Waals surface area (Å²) in [6.07, 6.45) is 3.51. The molecule has 1 fully saturated rings. The monoisotopic (exact) mass is 305 g/mol. The molecule has 21 heavy (non-hydrogen) atoms. The van der Waals surface area contributed by atoms with Crippen molar-refractivity contribution >= 4 is 17.3 Å². The number of aromatic nitrogens is 1. The average Bonchev–Trinajstić information content (AvgIpc) is 2.48. The summed E-state index contributed by atoms with van der Waals surface area (Å²) >= 11 is 5.54. The highest BCUT2D eigenvalue weighted by atomic mass is 32.1. The zero-order chi connectivity index (χ0) is 14.8. The molecule has 1 aromatic rings. The lowest BCUT2D eigenvalue weighted by Gasteiger charge is -2.43. The first kappa shape index (κ1) is 14.6. The van der Waals surface area contributed by atoms with E-state index in [0.717, 1.165) is 37.7 Å². The molecule has 1 saturated heterocycles. The van der Waals surface area contributed by atoms with E-state index >= 15 is 0 Å². The SMILES string of the molecule is CCCCNC(=S)N1C[C@@H]2C[C@H](C1)c1cccc(=O)n1C2. The van der Waals surface area contributed by atoms with E-state index in [9.17, 15) is 4.79 Å². The summed E-state index contributed by atoms with van der Waals surface area (Å²) in [6, 6.07) is 5.64. The van der Waals surface area contributed by atoms with E-state index in [1.165, 1.54) is 18.5 Å². The second-order valence-electron chi connectivity index (χ2n) is 6.19. The number of hydrogen-bond acceptors (Lipinski definition) is 2. The van der Waals surface area contributed by atoms with Gasteiger partial charge in [0.05, 0.1) is 0 Å². The number of piperidine rings is 1. The fraction of sp³-hybridized carbons (Fsp3) is 0.625. The molecule has 2 aliphatic rings. The Bertz CT molecular complexity index is 583. The van der Waals surface area contributed by atoms with Gasteiger partial charge in [-0.1, -0.05) is 19.4 Å². The topological polar surface area (TPSA) is 37.3 Å². The molecule has 2 bridgehead atoms. The van der Waals surface area contributed by atoms with Crippen LogP contribution >= 0.6 is 12.2 Å². The minimum absolute atomic E-state index is 0.138. The molecule has 1 aromatic heterocycles. The molecule has 0 amide bonds. The molecule has 1 N–H and O–H groups in total. The van der Waals surface area contributed by atoms with Crippen molar-refractivity contribution in [2.24, 2.45) is 5.92 Å². The predicted molar refractivity (Wildman–Crippen MR) is 88.6 cm³/mol. The van der Waals surface area contributed by atoms with Gasteiger partial charge >= 0.3 is 0 Å². The van der Waals surface area contributed by atoms with Gasteiger partial charge in [0.2, 0.25) is 0 Å². The number of hydrogen-bond donors (Lipinski definition) is 1. The molecule has 0 unspecified atom stereocenters. The average molecular weight is 305 g/mol. The molecule has 2 atom stereocenters. The van der Waals surface area contributed by atoms with Crippen molar-refractivity contribution in [1.29, 1.82) is 0 Å². The standard InChI is InChI=1S/C16H23N3OS/c1-2-3-7-17-16(21)18-9-12-8-13(11-18)14-5-4-6-15(20)19(14)10-12/h4-6,12-13H,2-3,7-11H2,1H3,(H,17,21)/t12-,13+/m0/s1. The molecule has 3 heterocycles. The Labute approximate surface area is 131 Å². The van der Waals surface area contributed by atoms with Crippen LogP contribution in [-0.4, -0.2) is 34.2 Å². The molecular weight excluding hydrogens is 282 g/mol. The normalized spacial score (nSPS) is 23.6. The number of thiocarbonyl (C=S) groups is 1. The van der Waals surface area contributed by atoms with Crippen LogP contribution in [0.25, 0.3) is 0 Å². The van der Waals surface area contributed by atoms with Crippen molar-refractivity contribution in [3.05, 3.63) is 34.2 Å². The van der Waals surface area contributed by atoms with Crippen LogP contribution in [0, 0.1) is 5.92 Å². The number of unbranched alkanes of at least 4 members (excludes halogenated alkanes) is 1. The van der Waals surface area contributed by atoms with E-state index < -0.39 is 0 Å². The number of nitrogens with one attached hydrogen (secondary N) is 1. The third-order valence-electron chi connectivity index (χ3n) is 4.57. The number of rotatable bonds is 3. The Morgan fingerprint density at radius 1 is 1.38 bits per heavy atom. The first-order valence-corrected chi connectivity index (χ1v) is 8.32. The summed E-state index contributed by atoms with van der Waals surface area (Å²) in [6.45, 7) is 5.87. The zero-order valence-electron chi connectivity index (χ0n) is 12.5. The number of pyridine rings is 1. The summed E-state index contributed by atoms with van der Waals surface area (Å²) in [7, 11) is 0. The van der Waals surface area contributed by atoms with Crippen molar-refractivity contribution in [3.8, 4) is 0 Å². The van der Waals surface area contributed by atoms with Gasteiger partial charge in [-0.3, -0.25) is 4.79 Å². The number of fused-ring (bicyclic) bond motifs is 4. The van der Waals surface area contributed by atoms with Crippen molar-refractivity contribution in [1.82, 2.24) is 14.8 Å². The third-order valence-corrected chi connectivity index (χ3v) is 4.98. The summed E-state index contributed by atoms with van der Waals surface area (Å²) in [5.74, 6) is 0.958. The fourth-order valence-electron chi connectivity index (χ4n) is 3.55. The van der Waals surface area contributed by atoms with E-state index in [1.54, 1.807) is 6.07 Å². The Morgan fingerprint density at radius 3 is 3.05 bits per heavy atom. The van der Waals surface area contributed by atoms with Gasteiger partial charge < -0.3 is 14.8 Å². The van der Waals surface area contributed by atoms with E-state index in [4.69, 9.17) is 12.2 Å². The van der Waals surface area contributed by atoms with Crippen LogP contribution in [-0.2, 0) is 6.54 Å². The summed E-state index contributed by atoms with van der Waals surface area (Å²) < 4.78 is 1.96. The van der Waals surface area contributed by atoms with Gasteiger partial charge in [-0.25, -0.2) is 0 Å². The lowest BCUT2D eigenvalue weighted by Crippen LogP contribution is -2.51. The second kappa shape index (κ2) is 6.18. The highest BCUT2D eigenvalue weighted by molar-refractivity contribution is 7.80. The Balaban J connectivity index is 1.73. The molecule has 0 aromatic carbocycles. The molecule has 3 rings (SSSR count). The van der Waals surface area contributed by atoms with E-state index in [1.807, 2.05) is 10.6 Å². The van der Waals surface area contributed by atoms with E-state index in [0.29, 0.717) is 11.8 Å². The molecule has 0 saturated carbocycles. The Kier molecular flexibility index (Phi) is 4.29. The van der Waals surface area contributed by atoms with Crippen LogP contribution in [0.2, 0.25) is 0 Å². The Morgan fingerprint density at radius 2 is 2.24 bits per heavy atom. The van der Waals surface area contributed by atoms with Crippen molar-refractivity contribution in [3.63, 3.8) is 0 Å². The Hall–Kier alpha value is -1.36. The van der Waals surface area contributed by atoms with Gasteiger partial charge in [0, 0.05) is 43.9 Å². The van der Waals surface area contributed by atoms with Gasteiger partial charge in [0.25, 0.3) is 5.56 Å². The van der Waals surface area contributed by atoms with Crippen LogP contribution in [0.1, 0.15) is 37.8 Å². The highest BCUT2D eigenvalue weighted by Gasteiger charge is 2.35. The number of nitrogens with zero attached hydrogens (tertiary/aromatic N) is 2. The maximum Gasteiger partial charge on any atom is 0.250 e. The quantitative estimate of drug-likeness (QED) is 0.684. The molecule has 2 aliphatic heterocycles. The van der Waals surface area contributed by atoms with Crippen LogP contribution < -0.4 is 10.9 Å². The molecule has 4 nitrogen and oxygen atoms in total. The lowest BCUT2D eigenvalue weighted by molar-refractivity contribution is 0.177. The van der Waals surface area contributed by atoms with Crippen LogP contribution in [0.5, 0.6) is 0 Å². The minimum Gasteiger partial charge on any atom is -0.363 e. The van der Waals surface area contributed by atoms with Crippen LogP contribution in [0.15, 0.2) is 23.0 Å². The maximum absolute atomic E-state index is 12.0. The largest absolute Gasteiger partial charge is 0.363 e. The van der Waals surface area contributed by atoms with Gasteiger partial charge in [0.15, 0.2) is 5.11 Å². The van der Waals surface area contributed by atoms with Crippen molar-refractivity contribution in [2.75, 3.05) is 19.6 Å². The van der Waals surface area contributed by atoms with Gasteiger partial charge in [-0.05, 0) is 37.0 Å². The summed E-state index contributed by atoms with van der Waals surface area (Å²) in [5.41, 5.74) is 1.32. The second-order valence-corrected chi connectivity index (χ2v) is 6.58. The van der Waals surface area contributed by atoms with E-state index in [2.05, 4.69) is 23.2 Å². The molecule has 0 spiro atoms. The van der Waals surface area contributed by atoms with Gasteiger partial charge in [-0.15, -0.1) is 0 Å².